The number of carbonyl (C=O) groups is 1. The number of halogens is 2. The first-order valence-corrected chi connectivity index (χ1v) is 10.4. The minimum atomic E-state index is -0.208. The largest absolute Gasteiger partial charge is 0.448 e. The van der Waals surface area contributed by atoms with Gasteiger partial charge in [-0.3, -0.25) is 0 Å². The molecule has 1 aliphatic heterocycles. The Balaban J connectivity index is 0.000000208. The average molecular weight is 444 g/mol. The normalized spacial score (nSPS) is 11.7. The number of cyclic esters (lactones) is 1. The van der Waals surface area contributed by atoms with Crippen LogP contribution in [0.4, 0.5) is 9.18 Å². The molecule has 5 heteroatoms. The monoisotopic (exact) mass is 443 g/mol. The summed E-state index contributed by atoms with van der Waals surface area (Å²) in [5.41, 5.74) is 4.70. The van der Waals surface area contributed by atoms with Crippen molar-refractivity contribution in [3.05, 3.63) is 106 Å². The molecule has 31 heavy (non-hydrogen) atoms. The van der Waals surface area contributed by atoms with E-state index >= 15 is 0 Å². The van der Waals surface area contributed by atoms with Gasteiger partial charge in [0, 0.05) is 12.1 Å². The Kier molecular flexibility index (Phi) is 12.0. The third-order valence-electron chi connectivity index (χ3n) is 4.20. The summed E-state index contributed by atoms with van der Waals surface area (Å²) in [6.45, 7) is 9.30. The lowest BCUT2D eigenvalue weighted by Crippen LogP contribution is -2.17. The van der Waals surface area contributed by atoms with Gasteiger partial charge in [0.05, 0.1) is 6.54 Å². The number of hydrogen-bond acceptors (Lipinski definition) is 2. The molecule has 0 aromatic heterocycles. The van der Waals surface area contributed by atoms with E-state index in [-0.39, 0.29) is 11.9 Å². The predicted octanol–water partition coefficient (Wildman–Crippen LogP) is 7.15. The maximum absolute atomic E-state index is 12.2. The molecule has 0 N–H and O–H groups in total. The summed E-state index contributed by atoms with van der Waals surface area (Å²) < 4.78 is 16.7. The number of rotatable bonds is 0. The molecule has 0 aliphatic carbocycles. The first kappa shape index (κ1) is 26.2. The molecule has 0 saturated carbocycles. The van der Waals surface area contributed by atoms with Crippen LogP contribution in [0.1, 0.15) is 22.3 Å². The molecule has 0 radical (unpaired) electrons. The van der Waals surface area contributed by atoms with Gasteiger partial charge in [0.25, 0.3) is 0 Å². The van der Waals surface area contributed by atoms with E-state index in [2.05, 4.69) is 36.8 Å². The molecule has 1 amide bonds. The lowest BCUT2D eigenvalue weighted by atomic mass is 10.2. The van der Waals surface area contributed by atoms with E-state index in [9.17, 15) is 9.18 Å². The van der Waals surface area contributed by atoms with E-state index in [1.54, 1.807) is 18.0 Å². The highest BCUT2D eigenvalue weighted by Gasteiger charge is 2.15. The van der Waals surface area contributed by atoms with Crippen molar-refractivity contribution in [2.75, 3.05) is 20.2 Å². The number of likely N-dealkylation sites (N-methyl/N-ethyl adjacent to an activating group) is 1. The second-order valence-corrected chi connectivity index (χ2v) is 7.65. The first-order chi connectivity index (χ1) is 14.7. The van der Waals surface area contributed by atoms with E-state index in [0.29, 0.717) is 6.61 Å². The lowest BCUT2D eigenvalue weighted by Gasteiger charge is -1.98. The fourth-order valence-electron chi connectivity index (χ4n) is 2.41. The molecular formula is C26H31ClFNO2. The van der Waals surface area contributed by atoms with Crippen LogP contribution in [0, 0.1) is 33.5 Å². The van der Waals surface area contributed by atoms with Crippen LogP contribution in [0.3, 0.4) is 0 Å². The molecule has 1 fully saturated rings. The minimum absolute atomic E-state index is 0.162. The molecule has 3 aromatic rings. The van der Waals surface area contributed by atoms with Gasteiger partial charge in [-0.05, 0) is 57.0 Å². The fraction of sp³-hybridized carbons (Fsp3) is 0.269. The number of amides is 1. The average Bonchev–Trinajstić information content (AvgIpc) is 3.10. The number of ether oxygens (including phenoxy) is 1. The molecule has 1 heterocycles. The fourth-order valence-corrected chi connectivity index (χ4v) is 2.52. The van der Waals surface area contributed by atoms with E-state index in [0.717, 1.165) is 22.7 Å². The van der Waals surface area contributed by atoms with Crippen LogP contribution in [0.15, 0.2) is 72.8 Å². The summed E-state index contributed by atoms with van der Waals surface area (Å²) in [6, 6.07) is 22.8. The first-order valence-electron chi connectivity index (χ1n) is 10.0. The number of nitrogens with zero attached hydrogens (tertiary/aromatic N) is 1. The third-order valence-corrected chi connectivity index (χ3v) is 4.62. The van der Waals surface area contributed by atoms with Gasteiger partial charge in [-0.2, -0.15) is 0 Å². The second-order valence-electron chi connectivity index (χ2n) is 7.24. The van der Waals surface area contributed by atoms with Gasteiger partial charge in [-0.1, -0.05) is 77.3 Å². The van der Waals surface area contributed by atoms with Crippen molar-refractivity contribution in [1.82, 2.24) is 4.90 Å². The smallest absolute Gasteiger partial charge is 0.409 e. The number of aryl methyl sites for hydroxylation is 4. The Morgan fingerprint density at radius 1 is 0.839 bits per heavy atom. The van der Waals surface area contributed by atoms with E-state index in [4.69, 9.17) is 11.6 Å². The molecule has 1 aliphatic rings. The highest BCUT2D eigenvalue weighted by atomic mass is 35.5. The Morgan fingerprint density at radius 2 is 1.45 bits per heavy atom. The molecule has 0 spiro atoms. The van der Waals surface area contributed by atoms with Gasteiger partial charge in [0.15, 0.2) is 0 Å². The van der Waals surface area contributed by atoms with Crippen molar-refractivity contribution in [1.29, 1.82) is 0 Å². The molecule has 1 saturated heterocycles. The highest BCUT2D eigenvalue weighted by molar-refractivity contribution is 6.31. The topological polar surface area (TPSA) is 29.5 Å². The van der Waals surface area contributed by atoms with Crippen LogP contribution in [0.25, 0.3) is 0 Å². The van der Waals surface area contributed by atoms with Crippen molar-refractivity contribution < 1.29 is 13.9 Å². The van der Waals surface area contributed by atoms with Crippen LogP contribution < -0.4 is 0 Å². The van der Waals surface area contributed by atoms with Gasteiger partial charge in [0.2, 0.25) is 0 Å². The van der Waals surface area contributed by atoms with Crippen LogP contribution >= 0.6 is 11.6 Å². The number of hydrogen-bond donors (Lipinski definition) is 0. The summed E-state index contributed by atoms with van der Waals surface area (Å²) in [5, 5.41) is 0.848. The summed E-state index contributed by atoms with van der Waals surface area (Å²) in [7, 11) is 1.72. The SMILES string of the molecule is CN1CCOC1=O.Cc1ccc(Cl)c(C)c1.Cc1cccc(F)c1.Cc1ccccc1. The summed E-state index contributed by atoms with van der Waals surface area (Å²) in [4.78, 5) is 11.8. The van der Waals surface area contributed by atoms with Gasteiger partial charge in [0.1, 0.15) is 12.4 Å². The summed E-state index contributed by atoms with van der Waals surface area (Å²) >= 11 is 5.78. The predicted molar refractivity (Wildman–Crippen MR) is 127 cm³/mol. The third kappa shape index (κ3) is 11.8. The molecule has 0 unspecified atom stereocenters. The molecule has 3 nitrogen and oxygen atoms in total. The Bertz CT molecular complexity index is 914. The Labute approximate surface area is 190 Å². The maximum atomic E-state index is 12.2. The van der Waals surface area contributed by atoms with Gasteiger partial charge in [-0.25, -0.2) is 9.18 Å². The van der Waals surface area contributed by atoms with Gasteiger partial charge >= 0.3 is 6.09 Å². The molecule has 166 valence electrons. The van der Waals surface area contributed by atoms with Crippen molar-refractivity contribution >= 4 is 17.7 Å². The van der Waals surface area contributed by atoms with Crippen LogP contribution in [-0.4, -0.2) is 31.2 Å². The van der Waals surface area contributed by atoms with Crippen molar-refractivity contribution in [2.24, 2.45) is 0 Å². The molecule has 0 bridgehead atoms. The van der Waals surface area contributed by atoms with Gasteiger partial charge in [-0.15, -0.1) is 0 Å². The molecule has 4 rings (SSSR count). The maximum Gasteiger partial charge on any atom is 0.409 e. The quantitative estimate of drug-likeness (QED) is 0.369. The van der Waals surface area contributed by atoms with Crippen LogP contribution in [0.5, 0.6) is 0 Å². The minimum Gasteiger partial charge on any atom is -0.448 e. The second kappa shape index (κ2) is 14.2. The molecule has 3 aromatic carbocycles. The van der Waals surface area contributed by atoms with E-state index in [1.165, 1.54) is 23.3 Å². The Hall–Kier alpha value is -2.85. The summed E-state index contributed by atoms with van der Waals surface area (Å²) in [5.74, 6) is -0.162. The zero-order valence-corrected chi connectivity index (χ0v) is 19.6. The zero-order chi connectivity index (χ0) is 23.2. The van der Waals surface area contributed by atoms with Crippen molar-refractivity contribution in [3.63, 3.8) is 0 Å². The van der Waals surface area contributed by atoms with Crippen LogP contribution in [0.2, 0.25) is 5.02 Å². The number of carbonyl (C=O) groups excluding carboxylic acids is 1. The Morgan fingerprint density at radius 3 is 1.77 bits per heavy atom. The van der Waals surface area contributed by atoms with E-state index in [1.807, 2.05) is 50.2 Å². The summed E-state index contributed by atoms with van der Waals surface area (Å²) in [6.07, 6.45) is -0.208. The van der Waals surface area contributed by atoms with Crippen molar-refractivity contribution in [2.45, 2.75) is 27.7 Å². The molecule has 0 atom stereocenters. The zero-order valence-electron chi connectivity index (χ0n) is 18.9. The molecular weight excluding hydrogens is 413 g/mol. The van der Waals surface area contributed by atoms with Crippen molar-refractivity contribution in [3.8, 4) is 0 Å². The van der Waals surface area contributed by atoms with E-state index < -0.39 is 0 Å². The number of benzene rings is 3. The lowest BCUT2D eigenvalue weighted by molar-refractivity contribution is 0.163. The van der Waals surface area contributed by atoms with Gasteiger partial charge < -0.3 is 9.64 Å². The standard InChI is InChI=1S/C8H9Cl.C7H7F.C7H8.C4H7NO2/c1-6-3-4-8(9)7(2)5-6;1-6-3-2-4-7(8)5-6;1-7-5-3-2-4-6-7;1-5-2-3-7-4(5)6/h3-5H,1-2H3;2-5H,1H3;2-6H,1H3;2-3H2,1H3. The highest BCUT2D eigenvalue weighted by Crippen LogP contribution is 2.15. The van der Waals surface area contributed by atoms with Crippen LogP contribution in [-0.2, 0) is 4.74 Å².